The minimum Gasteiger partial charge on any atom is -0.384 e. The van der Waals surface area contributed by atoms with Gasteiger partial charge in [0.15, 0.2) is 0 Å². The monoisotopic (exact) mass is 280 g/mol. The number of aryl methyl sites for hydroxylation is 1. The maximum atomic E-state index is 13.1. The largest absolute Gasteiger partial charge is 0.384 e. The molecule has 1 unspecified atom stereocenters. The van der Waals surface area contributed by atoms with Gasteiger partial charge in [-0.25, -0.2) is 4.39 Å². The Morgan fingerprint density at radius 1 is 1.35 bits per heavy atom. The van der Waals surface area contributed by atoms with Crippen LogP contribution in [-0.4, -0.2) is 53.1 Å². The second-order valence-electron chi connectivity index (χ2n) is 5.35. The molecule has 110 valence electrons. The Kier molecular flexibility index (Phi) is 4.73. The van der Waals surface area contributed by atoms with Gasteiger partial charge in [0.2, 0.25) is 0 Å². The Bertz CT molecular complexity index is 483. The topological polar surface area (TPSA) is 43.8 Å². The van der Waals surface area contributed by atoms with Crippen LogP contribution in [0.1, 0.15) is 18.1 Å². The molecular formula is C15H21FN2O2. The van der Waals surface area contributed by atoms with Gasteiger partial charge in [0, 0.05) is 32.7 Å². The number of carbonyl (C=O) groups is 1. The van der Waals surface area contributed by atoms with E-state index in [0.29, 0.717) is 13.1 Å². The zero-order valence-corrected chi connectivity index (χ0v) is 12.0. The van der Waals surface area contributed by atoms with E-state index in [4.69, 9.17) is 0 Å². The van der Waals surface area contributed by atoms with Crippen molar-refractivity contribution in [3.63, 3.8) is 0 Å². The van der Waals surface area contributed by atoms with Crippen LogP contribution in [0.5, 0.6) is 0 Å². The maximum Gasteiger partial charge on any atom is 0.251 e. The van der Waals surface area contributed by atoms with Crippen molar-refractivity contribution in [1.29, 1.82) is 0 Å². The number of carbonyl (C=O) groups excluding carboxylic acids is 1. The Labute approximate surface area is 118 Å². The minimum absolute atomic E-state index is 0.206. The predicted molar refractivity (Wildman–Crippen MR) is 74.7 cm³/mol. The number of nitrogens with zero attached hydrogens (tertiary/aromatic N) is 2. The first-order chi connectivity index (χ1) is 9.47. The van der Waals surface area contributed by atoms with Crippen LogP contribution in [0.25, 0.3) is 0 Å². The molecule has 1 aromatic carbocycles. The molecule has 1 saturated heterocycles. The molecule has 0 aliphatic carbocycles. The van der Waals surface area contributed by atoms with Crippen LogP contribution < -0.4 is 0 Å². The van der Waals surface area contributed by atoms with Crippen LogP contribution in [-0.2, 0) is 11.3 Å². The van der Waals surface area contributed by atoms with Crippen molar-refractivity contribution in [3.8, 4) is 0 Å². The fourth-order valence-corrected chi connectivity index (χ4v) is 2.47. The zero-order valence-electron chi connectivity index (χ0n) is 12.0. The first kappa shape index (κ1) is 14.9. The Balaban J connectivity index is 1.90. The summed E-state index contributed by atoms with van der Waals surface area (Å²) in [6.45, 7) is 6.98. The number of hydrogen-bond acceptors (Lipinski definition) is 3. The van der Waals surface area contributed by atoms with Gasteiger partial charge < -0.3 is 10.0 Å². The lowest BCUT2D eigenvalue weighted by Crippen LogP contribution is -2.50. The van der Waals surface area contributed by atoms with Gasteiger partial charge in [-0.15, -0.1) is 0 Å². The molecule has 0 spiro atoms. The molecule has 5 heteroatoms. The van der Waals surface area contributed by atoms with Gasteiger partial charge in [-0.05, 0) is 37.1 Å². The highest BCUT2D eigenvalue weighted by atomic mass is 19.1. The van der Waals surface area contributed by atoms with Gasteiger partial charge in [0.1, 0.15) is 11.9 Å². The van der Waals surface area contributed by atoms with Crippen LogP contribution >= 0.6 is 0 Å². The number of halogens is 1. The summed E-state index contributed by atoms with van der Waals surface area (Å²) in [5, 5.41) is 9.30. The SMILES string of the molecule is Cc1cc(F)ccc1CN1CCN(C(=O)C(C)O)CC1. The minimum atomic E-state index is -0.930. The fraction of sp³-hybridized carbons (Fsp3) is 0.533. The number of aliphatic hydroxyl groups is 1. The smallest absolute Gasteiger partial charge is 0.251 e. The average Bonchev–Trinajstić information content (AvgIpc) is 2.42. The molecule has 1 aromatic rings. The molecule has 1 aliphatic rings. The van der Waals surface area contributed by atoms with E-state index >= 15 is 0 Å². The summed E-state index contributed by atoms with van der Waals surface area (Å²) in [5.74, 6) is -0.416. The molecule has 2 rings (SSSR count). The van der Waals surface area contributed by atoms with E-state index in [-0.39, 0.29) is 11.7 Å². The highest BCUT2D eigenvalue weighted by Gasteiger charge is 2.23. The fourth-order valence-electron chi connectivity index (χ4n) is 2.47. The first-order valence-corrected chi connectivity index (χ1v) is 6.91. The maximum absolute atomic E-state index is 13.1. The van der Waals surface area contributed by atoms with Gasteiger partial charge >= 0.3 is 0 Å². The second kappa shape index (κ2) is 6.33. The molecule has 1 N–H and O–H groups in total. The molecular weight excluding hydrogens is 259 g/mol. The second-order valence-corrected chi connectivity index (χ2v) is 5.35. The van der Waals surface area contributed by atoms with Gasteiger partial charge in [-0.1, -0.05) is 6.07 Å². The number of benzene rings is 1. The summed E-state index contributed by atoms with van der Waals surface area (Å²) >= 11 is 0. The molecule has 0 aromatic heterocycles. The third kappa shape index (κ3) is 3.55. The Morgan fingerprint density at radius 3 is 2.55 bits per heavy atom. The van der Waals surface area contributed by atoms with Crippen molar-refractivity contribution in [2.45, 2.75) is 26.5 Å². The molecule has 0 bridgehead atoms. The lowest BCUT2D eigenvalue weighted by atomic mass is 10.1. The number of amides is 1. The molecule has 4 nitrogen and oxygen atoms in total. The lowest BCUT2D eigenvalue weighted by molar-refractivity contribution is -0.141. The summed E-state index contributed by atoms with van der Waals surface area (Å²) in [5.41, 5.74) is 2.06. The molecule has 1 aliphatic heterocycles. The zero-order chi connectivity index (χ0) is 14.7. The van der Waals surface area contributed by atoms with E-state index in [0.717, 1.165) is 30.8 Å². The van der Waals surface area contributed by atoms with Crippen LogP contribution in [0.4, 0.5) is 4.39 Å². The van der Waals surface area contributed by atoms with Crippen molar-refractivity contribution in [2.24, 2.45) is 0 Å². The van der Waals surface area contributed by atoms with Gasteiger partial charge in [0.25, 0.3) is 5.91 Å². The summed E-state index contributed by atoms with van der Waals surface area (Å²) in [6.07, 6.45) is -0.930. The number of hydrogen-bond donors (Lipinski definition) is 1. The summed E-state index contributed by atoms with van der Waals surface area (Å²) in [4.78, 5) is 15.6. The molecule has 0 saturated carbocycles. The number of rotatable bonds is 3. The predicted octanol–water partition coefficient (Wildman–Crippen LogP) is 1.16. The number of aliphatic hydroxyl groups excluding tert-OH is 1. The van der Waals surface area contributed by atoms with Crippen LogP contribution in [0.15, 0.2) is 18.2 Å². The van der Waals surface area contributed by atoms with Gasteiger partial charge in [0.05, 0.1) is 0 Å². The van der Waals surface area contributed by atoms with Crippen molar-refractivity contribution in [1.82, 2.24) is 9.80 Å². The Morgan fingerprint density at radius 2 is 2.00 bits per heavy atom. The summed E-state index contributed by atoms with van der Waals surface area (Å²) < 4.78 is 13.1. The van der Waals surface area contributed by atoms with E-state index in [1.54, 1.807) is 11.0 Å². The van der Waals surface area contributed by atoms with Gasteiger partial charge in [-0.2, -0.15) is 0 Å². The first-order valence-electron chi connectivity index (χ1n) is 6.91. The van der Waals surface area contributed by atoms with E-state index < -0.39 is 6.10 Å². The molecule has 0 radical (unpaired) electrons. The lowest BCUT2D eigenvalue weighted by Gasteiger charge is -2.35. The molecule has 1 fully saturated rings. The quantitative estimate of drug-likeness (QED) is 0.903. The molecule has 1 amide bonds. The van der Waals surface area contributed by atoms with Crippen LogP contribution in [0.3, 0.4) is 0 Å². The standard InChI is InChI=1S/C15H21FN2O2/c1-11-9-14(16)4-3-13(11)10-17-5-7-18(8-6-17)15(20)12(2)19/h3-4,9,12,19H,5-8,10H2,1-2H3. The van der Waals surface area contributed by atoms with Crippen molar-refractivity contribution >= 4 is 5.91 Å². The van der Waals surface area contributed by atoms with E-state index in [2.05, 4.69) is 4.90 Å². The van der Waals surface area contributed by atoms with E-state index in [9.17, 15) is 14.3 Å². The van der Waals surface area contributed by atoms with E-state index in [1.807, 2.05) is 13.0 Å². The Hall–Kier alpha value is -1.46. The van der Waals surface area contributed by atoms with Crippen molar-refractivity contribution < 1.29 is 14.3 Å². The normalized spacial score (nSPS) is 18.1. The third-order valence-corrected chi connectivity index (χ3v) is 3.74. The van der Waals surface area contributed by atoms with Crippen LogP contribution in [0, 0.1) is 12.7 Å². The molecule has 20 heavy (non-hydrogen) atoms. The highest BCUT2D eigenvalue weighted by Crippen LogP contribution is 2.14. The summed E-state index contributed by atoms with van der Waals surface area (Å²) in [6, 6.07) is 4.84. The third-order valence-electron chi connectivity index (χ3n) is 3.74. The average molecular weight is 280 g/mol. The van der Waals surface area contributed by atoms with Gasteiger partial charge in [-0.3, -0.25) is 9.69 Å². The van der Waals surface area contributed by atoms with Crippen molar-refractivity contribution in [2.75, 3.05) is 26.2 Å². The molecule has 1 heterocycles. The van der Waals surface area contributed by atoms with Crippen molar-refractivity contribution in [3.05, 3.63) is 35.1 Å². The number of piperazine rings is 1. The highest BCUT2D eigenvalue weighted by molar-refractivity contribution is 5.80. The van der Waals surface area contributed by atoms with Crippen LogP contribution in [0.2, 0.25) is 0 Å². The summed E-state index contributed by atoms with van der Waals surface area (Å²) in [7, 11) is 0. The van der Waals surface area contributed by atoms with E-state index in [1.165, 1.54) is 13.0 Å². The molecule has 1 atom stereocenters.